The highest BCUT2D eigenvalue weighted by molar-refractivity contribution is 6.18. The van der Waals surface area contributed by atoms with Crippen LogP contribution in [-0.2, 0) is 14.4 Å². The minimum Gasteiger partial charge on any atom is -0.481 e. The van der Waals surface area contributed by atoms with Gasteiger partial charge in [0.05, 0.1) is 5.41 Å². The first-order valence-corrected chi connectivity index (χ1v) is 28.1. The molecule has 0 radical (unpaired) electrons. The van der Waals surface area contributed by atoms with Crippen molar-refractivity contribution in [1.29, 1.82) is 0 Å². The van der Waals surface area contributed by atoms with Crippen LogP contribution in [0.4, 0.5) is 0 Å². The monoisotopic (exact) mass is 880 g/mol. The minimum atomic E-state index is -0.800. The third-order valence-electron chi connectivity index (χ3n) is 13.8. The zero-order valence-electron chi connectivity index (χ0n) is 42.1. The van der Waals surface area contributed by atoms with Crippen LogP contribution < -0.4 is 5.32 Å². The highest BCUT2D eigenvalue weighted by Crippen LogP contribution is 2.41. The zero-order chi connectivity index (χ0) is 45.6. The lowest BCUT2D eigenvalue weighted by atomic mass is 9.76. The summed E-state index contributed by atoms with van der Waals surface area (Å²) >= 11 is 0. The van der Waals surface area contributed by atoms with Crippen LogP contribution >= 0.6 is 0 Å². The first-order chi connectivity index (χ1) is 31.0. The van der Waals surface area contributed by atoms with Crippen molar-refractivity contribution in [2.75, 3.05) is 0 Å². The van der Waals surface area contributed by atoms with Gasteiger partial charge in [-0.25, -0.2) is 0 Å². The molecule has 5 heteroatoms. The van der Waals surface area contributed by atoms with Gasteiger partial charge in [-0.2, -0.15) is 0 Å². The molecule has 1 atom stereocenters. The van der Waals surface area contributed by atoms with Crippen LogP contribution in [0.5, 0.6) is 0 Å². The summed E-state index contributed by atoms with van der Waals surface area (Å²) in [5.41, 5.74) is -0.0775. The second-order valence-corrected chi connectivity index (χ2v) is 19.7. The first kappa shape index (κ1) is 58.8. The maximum Gasteiger partial charge on any atom is 0.303 e. The standard InChI is InChI=1S/C58H105NO4/c1-3-5-7-9-11-13-15-17-19-22-26-30-34-38-42-46-50-54-56(62)59-57(63)58(54,52-48-44-40-36-32-28-24-20-18-16-14-12-10-8-6-4-2)53-49-45-41-37-33-29-25-21-23-27-31-35-39-43-47-51-55(60)61/h21,23,48,50,52H,3-20,22,24-47,49,51,53H2,1-2H3,(H,60,61)(H,59,62,63). The fraction of sp³-hybridized carbons (Fsp3) is 0.845. The molecule has 0 saturated carbocycles. The average molecular weight is 880 g/mol. The summed E-state index contributed by atoms with van der Waals surface area (Å²) in [6, 6.07) is 0. The average Bonchev–Trinajstić information content (AvgIpc) is 3.50. The second-order valence-electron chi connectivity index (χ2n) is 19.7. The number of carboxylic acid groups (broad SMARTS) is 1. The predicted molar refractivity (Wildman–Crippen MR) is 273 cm³/mol. The molecule has 1 aliphatic rings. The fourth-order valence-corrected chi connectivity index (χ4v) is 9.56. The highest BCUT2D eigenvalue weighted by Gasteiger charge is 2.48. The zero-order valence-corrected chi connectivity index (χ0v) is 42.1. The number of hydrogen-bond acceptors (Lipinski definition) is 3. The lowest BCUT2D eigenvalue weighted by Gasteiger charge is -2.23. The largest absolute Gasteiger partial charge is 0.481 e. The molecule has 1 saturated heterocycles. The summed E-state index contributed by atoms with van der Waals surface area (Å²) in [4.78, 5) is 37.6. The molecule has 1 aliphatic heterocycles. The molecule has 0 aromatic rings. The van der Waals surface area contributed by atoms with Crippen LogP contribution in [-0.4, -0.2) is 22.9 Å². The molecule has 0 bridgehead atoms. The van der Waals surface area contributed by atoms with Gasteiger partial charge in [0.15, 0.2) is 0 Å². The van der Waals surface area contributed by atoms with Gasteiger partial charge in [0.25, 0.3) is 5.91 Å². The number of nitrogens with one attached hydrogen (secondary N) is 1. The van der Waals surface area contributed by atoms with E-state index in [1.54, 1.807) is 0 Å². The molecule has 0 spiro atoms. The Morgan fingerprint density at radius 2 is 0.746 bits per heavy atom. The Morgan fingerprint density at radius 3 is 1.13 bits per heavy atom. The van der Waals surface area contributed by atoms with Crippen molar-refractivity contribution >= 4 is 17.8 Å². The van der Waals surface area contributed by atoms with Gasteiger partial charge >= 0.3 is 5.97 Å². The number of carbonyl (C=O) groups is 3. The van der Waals surface area contributed by atoms with Crippen molar-refractivity contribution < 1.29 is 19.5 Å². The van der Waals surface area contributed by atoms with Crippen molar-refractivity contribution in [3.63, 3.8) is 0 Å². The van der Waals surface area contributed by atoms with Crippen LogP contribution in [0.15, 0.2) is 36.0 Å². The van der Waals surface area contributed by atoms with E-state index in [0.29, 0.717) is 6.42 Å². The van der Waals surface area contributed by atoms with Gasteiger partial charge in [-0.15, -0.1) is 0 Å². The smallest absolute Gasteiger partial charge is 0.303 e. The van der Waals surface area contributed by atoms with Crippen molar-refractivity contribution in [3.8, 4) is 0 Å². The van der Waals surface area contributed by atoms with Crippen LogP contribution in [0.3, 0.4) is 0 Å². The summed E-state index contributed by atoms with van der Waals surface area (Å²) in [6.07, 6.45) is 67.8. The van der Waals surface area contributed by atoms with Gasteiger partial charge in [0, 0.05) is 12.0 Å². The second kappa shape index (κ2) is 45.0. The minimum absolute atomic E-state index is 0.0996. The number of aliphatic carboxylic acids is 1. The topological polar surface area (TPSA) is 83.5 Å². The molecule has 1 heterocycles. The molecule has 2 amide bonds. The number of amides is 2. The van der Waals surface area contributed by atoms with Gasteiger partial charge in [-0.3, -0.25) is 19.7 Å². The Labute approximate surface area is 391 Å². The molecular formula is C58H105NO4. The summed E-state index contributed by atoms with van der Waals surface area (Å²) < 4.78 is 0. The van der Waals surface area contributed by atoms with Gasteiger partial charge in [-0.05, 0) is 64.2 Å². The summed E-state index contributed by atoms with van der Waals surface area (Å²) in [5.74, 6) is -0.944. The number of unbranched alkanes of at least 4 members (excludes halogenated alkanes) is 40. The number of imide groups is 1. The predicted octanol–water partition coefficient (Wildman–Crippen LogP) is 18.7. The lowest BCUT2D eigenvalue weighted by molar-refractivity contribution is -0.137. The maximum absolute atomic E-state index is 13.6. The van der Waals surface area contributed by atoms with Gasteiger partial charge < -0.3 is 5.11 Å². The molecule has 1 fully saturated rings. The molecule has 1 rings (SSSR count). The van der Waals surface area contributed by atoms with Gasteiger partial charge in [0.1, 0.15) is 0 Å². The molecule has 0 aliphatic carbocycles. The van der Waals surface area contributed by atoms with E-state index in [2.05, 4.69) is 49.5 Å². The van der Waals surface area contributed by atoms with E-state index in [0.717, 1.165) is 82.6 Å². The van der Waals surface area contributed by atoms with Crippen LogP contribution in [0, 0.1) is 5.41 Å². The number of hydrogen-bond donors (Lipinski definition) is 2. The van der Waals surface area contributed by atoms with Crippen molar-refractivity contribution in [2.24, 2.45) is 5.41 Å². The normalized spacial score (nSPS) is 16.1. The Balaban J connectivity index is 2.47. The van der Waals surface area contributed by atoms with Crippen LogP contribution in [0.25, 0.3) is 0 Å². The van der Waals surface area contributed by atoms with E-state index in [4.69, 9.17) is 5.11 Å². The first-order valence-electron chi connectivity index (χ1n) is 28.1. The third-order valence-corrected chi connectivity index (χ3v) is 13.8. The Morgan fingerprint density at radius 1 is 0.429 bits per heavy atom. The fourth-order valence-electron chi connectivity index (χ4n) is 9.56. The molecule has 0 aromatic carbocycles. The molecule has 1 unspecified atom stereocenters. The quantitative estimate of drug-likeness (QED) is 0.0276. The van der Waals surface area contributed by atoms with Gasteiger partial charge in [-0.1, -0.05) is 269 Å². The Hall–Kier alpha value is -2.17. The Kier molecular flexibility index (Phi) is 42.0. The lowest BCUT2D eigenvalue weighted by Crippen LogP contribution is -2.30. The van der Waals surface area contributed by atoms with Crippen LogP contribution in [0.1, 0.15) is 309 Å². The summed E-state index contributed by atoms with van der Waals surface area (Å²) in [5, 5.41) is 11.5. The van der Waals surface area contributed by atoms with Crippen molar-refractivity contribution in [3.05, 3.63) is 36.0 Å². The van der Waals surface area contributed by atoms with Gasteiger partial charge in [0.2, 0.25) is 5.91 Å². The highest BCUT2D eigenvalue weighted by atomic mass is 16.4. The maximum atomic E-state index is 13.6. The summed E-state index contributed by atoms with van der Waals surface area (Å²) in [7, 11) is 0. The Bertz CT molecular complexity index is 1160. The van der Waals surface area contributed by atoms with Crippen LogP contribution in [0.2, 0.25) is 0 Å². The number of allylic oxidation sites excluding steroid dienone is 4. The van der Waals surface area contributed by atoms with E-state index in [9.17, 15) is 14.4 Å². The van der Waals surface area contributed by atoms with E-state index >= 15 is 0 Å². The number of carbonyl (C=O) groups excluding carboxylic acids is 2. The SMILES string of the molecule is CCCCCCCCCCCCCCCCC=CC1(CCCCCCCCC=CCCCCCCCC(=O)O)C(=O)NC(=O)C1=CCCCCCCCCCCCCCCCCC. The molecule has 366 valence electrons. The van der Waals surface area contributed by atoms with E-state index < -0.39 is 11.4 Å². The van der Waals surface area contributed by atoms with E-state index in [-0.39, 0.29) is 11.8 Å². The van der Waals surface area contributed by atoms with Crippen molar-refractivity contribution in [1.82, 2.24) is 5.32 Å². The number of carboxylic acids is 1. The van der Waals surface area contributed by atoms with Crippen molar-refractivity contribution in [2.45, 2.75) is 309 Å². The summed E-state index contributed by atoms with van der Waals surface area (Å²) in [6.45, 7) is 4.58. The molecule has 63 heavy (non-hydrogen) atoms. The van der Waals surface area contributed by atoms with E-state index in [1.165, 1.54) is 212 Å². The number of rotatable bonds is 49. The molecule has 5 nitrogen and oxygen atoms in total. The molecular weight excluding hydrogens is 775 g/mol. The van der Waals surface area contributed by atoms with E-state index in [1.807, 2.05) is 0 Å². The molecule has 2 N–H and O–H groups in total. The molecule has 0 aromatic heterocycles. The third kappa shape index (κ3) is 34.8.